The molecule has 1 aliphatic heterocycles. The first-order chi connectivity index (χ1) is 12.1. The Hall–Kier alpha value is -1.55. The number of rotatable bonds is 8. The minimum Gasteiger partial charge on any atom is -0.356 e. The molecule has 1 atom stereocenters. The van der Waals surface area contributed by atoms with E-state index in [1.165, 1.54) is 37.8 Å². The number of hydrogen-bond acceptors (Lipinski definition) is 2. The molecule has 1 N–H and O–H groups in total. The maximum Gasteiger partial charge on any atom is 0.193 e. The van der Waals surface area contributed by atoms with Crippen LogP contribution in [-0.2, 0) is 6.42 Å². The van der Waals surface area contributed by atoms with Gasteiger partial charge in [-0.2, -0.15) is 0 Å². The van der Waals surface area contributed by atoms with Crippen LogP contribution in [-0.4, -0.2) is 62.1 Å². The Labute approximate surface area is 154 Å². The minimum absolute atomic E-state index is 0.631. The van der Waals surface area contributed by atoms with Crippen LogP contribution in [0.1, 0.15) is 38.7 Å². The summed E-state index contributed by atoms with van der Waals surface area (Å²) in [4.78, 5) is 9.32. The molecule has 0 saturated carbocycles. The van der Waals surface area contributed by atoms with E-state index < -0.39 is 0 Å². The van der Waals surface area contributed by atoms with E-state index in [0.717, 1.165) is 31.5 Å². The Morgan fingerprint density at radius 2 is 2.04 bits per heavy atom. The molecule has 0 radical (unpaired) electrons. The Morgan fingerprint density at radius 3 is 2.72 bits per heavy atom. The van der Waals surface area contributed by atoms with Crippen molar-refractivity contribution in [3.05, 3.63) is 35.9 Å². The number of unbranched alkanes of at least 4 members (excludes halogenated alkanes) is 1. The lowest BCUT2D eigenvalue weighted by atomic mass is 9.99. The summed E-state index contributed by atoms with van der Waals surface area (Å²) in [5.74, 6) is 1.81. The average Bonchev–Trinajstić information content (AvgIpc) is 3.06. The molecule has 0 aromatic heterocycles. The van der Waals surface area contributed by atoms with Crippen molar-refractivity contribution in [2.45, 2.75) is 45.6 Å². The van der Waals surface area contributed by atoms with E-state index in [4.69, 9.17) is 0 Å². The molecule has 2 rings (SSSR count). The lowest BCUT2D eigenvalue weighted by Gasteiger charge is -2.23. The zero-order valence-electron chi connectivity index (χ0n) is 16.5. The van der Waals surface area contributed by atoms with E-state index in [2.05, 4.69) is 71.3 Å². The van der Waals surface area contributed by atoms with Gasteiger partial charge in [-0.1, -0.05) is 30.3 Å². The molecule has 4 nitrogen and oxygen atoms in total. The van der Waals surface area contributed by atoms with Gasteiger partial charge in [0.05, 0.1) is 0 Å². The standard InChI is InChI=1S/C21H36N4/c1-18(2)24(4)14-9-8-13-23-21(22-3)25-15-12-20(17-25)16-19-10-6-5-7-11-19/h5-7,10-11,18,20H,8-9,12-17H2,1-4H3,(H,22,23). The molecule has 0 spiro atoms. The highest BCUT2D eigenvalue weighted by Crippen LogP contribution is 2.20. The summed E-state index contributed by atoms with van der Waals surface area (Å²) in [6.45, 7) is 8.91. The number of benzene rings is 1. The zero-order valence-corrected chi connectivity index (χ0v) is 16.5. The van der Waals surface area contributed by atoms with Crippen LogP contribution >= 0.6 is 0 Å². The van der Waals surface area contributed by atoms with Crippen molar-refractivity contribution in [2.75, 3.05) is 40.3 Å². The van der Waals surface area contributed by atoms with Crippen LogP contribution in [0.2, 0.25) is 0 Å². The number of hydrogen-bond donors (Lipinski definition) is 1. The van der Waals surface area contributed by atoms with Crippen molar-refractivity contribution in [3.8, 4) is 0 Å². The van der Waals surface area contributed by atoms with E-state index in [-0.39, 0.29) is 0 Å². The van der Waals surface area contributed by atoms with Crippen molar-refractivity contribution in [1.29, 1.82) is 0 Å². The number of guanidine groups is 1. The molecule has 1 fully saturated rings. The van der Waals surface area contributed by atoms with Crippen molar-refractivity contribution < 1.29 is 0 Å². The van der Waals surface area contributed by atoms with E-state index in [9.17, 15) is 0 Å². The molecule has 1 aliphatic rings. The van der Waals surface area contributed by atoms with Crippen LogP contribution in [0, 0.1) is 5.92 Å². The van der Waals surface area contributed by atoms with Crippen molar-refractivity contribution in [2.24, 2.45) is 10.9 Å². The van der Waals surface area contributed by atoms with Gasteiger partial charge in [0.2, 0.25) is 0 Å². The number of nitrogens with zero attached hydrogens (tertiary/aromatic N) is 3. The topological polar surface area (TPSA) is 30.9 Å². The summed E-state index contributed by atoms with van der Waals surface area (Å²) in [5.41, 5.74) is 1.45. The highest BCUT2D eigenvalue weighted by molar-refractivity contribution is 5.80. The highest BCUT2D eigenvalue weighted by Gasteiger charge is 2.24. The molecule has 0 aliphatic carbocycles. The molecular weight excluding hydrogens is 308 g/mol. The fraction of sp³-hybridized carbons (Fsp3) is 0.667. The zero-order chi connectivity index (χ0) is 18.1. The lowest BCUT2D eigenvalue weighted by Crippen LogP contribution is -2.40. The van der Waals surface area contributed by atoms with Crippen LogP contribution in [0.5, 0.6) is 0 Å². The van der Waals surface area contributed by atoms with Gasteiger partial charge in [-0.15, -0.1) is 0 Å². The van der Waals surface area contributed by atoms with E-state index in [1.807, 2.05) is 7.05 Å². The van der Waals surface area contributed by atoms with Crippen molar-refractivity contribution >= 4 is 5.96 Å². The summed E-state index contributed by atoms with van der Waals surface area (Å²) < 4.78 is 0. The molecule has 1 unspecified atom stereocenters. The van der Waals surface area contributed by atoms with Crippen LogP contribution in [0.3, 0.4) is 0 Å². The number of likely N-dealkylation sites (tertiary alicyclic amines) is 1. The van der Waals surface area contributed by atoms with Crippen molar-refractivity contribution in [1.82, 2.24) is 15.1 Å². The van der Waals surface area contributed by atoms with Gasteiger partial charge in [0.25, 0.3) is 0 Å². The summed E-state index contributed by atoms with van der Waals surface area (Å²) >= 11 is 0. The second-order valence-electron chi connectivity index (χ2n) is 7.55. The Bertz CT molecular complexity index is 512. The fourth-order valence-corrected chi connectivity index (χ4v) is 3.42. The van der Waals surface area contributed by atoms with Gasteiger partial charge in [0.15, 0.2) is 5.96 Å². The van der Waals surface area contributed by atoms with Gasteiger partial charge >= 0.3 is 0 Å². The molecular formula is C21H36N4. The largest absolute Gasteiger partial charge is 0.356 e. The molecule has 0 amide bonds. The number of nitrogens with one attached hydrogen (secondary N) is 1. The number of aliphatic imine (C=N–C) groups is 1. The maximum absolute atomic E-state index is 4.49. The third-order valence-corrected chi connectivity index (χ3v) is 5.27. The predicted molar refractivity (Wildman–Crippen MR) is 108 cm³/mol. The van der Waals surface area contributed by atoms with Crippen LogP contribution in [0.4, 0.5) is 0 Å². The van der Waals surface area contributed by atoms with Gasteiger partial charge in [0, 0.05) is 32.7 Å². The van der Waals surface area contributed by atoms with Gasteiger partial charge in [-0.25, -0.2) is 0 Å². The van der Waals surface area contributed by atoms with E-state index in [0.29, 0.717) is 6.04 Å². The molecule has 1 aromatic carbocycles. The highest BCUT2D eigenvalue weighted by atomic mass is 15.3. The predicted octanol–water partition coefficient (Wildman–Crippen LogP) is 3.25. The monoisotopic (exact) mass is 344 g/mol. The Kier molecular flexibility index (Phi) is 8.26. The summed E-state index contributed by atoms with van der Waals surface area (Å²) in [5, 5.41) is 3.56. The van der Waals surface area contributed by atoms with Gasteiger partial charge < -0.3 is 15.1 Å². The molecule has 25 heavy (non-hydrogen) atoms. The van der Waals surface area contributed by atoms with Gasteiger partial charge in [-0.3, -0.25) is 4.99 Å². The molecule has 140 valence electrons. The minimum atomic E-state index is 0.631. The first-order valence-electron chi connectivity index (χ1n) is 9.80. The third-order valence-electron chi connectivity index (χ3n) is 5.27. The van der Waals surface area contributed by atoms with Crippen molar-refractivity contribution in [3.63, 3.8) is 0 Å². The normalized spacial score (nSPS) is 18.4. The van der Waals surface area contributed by atoms with Gasteiger partial charge in [-0.05, 0) is 64.6 Å². The first-order valence-corrected chi connectivity index (χ1v) is 9.80. The quantitative estimate of drug-likeness (QED) is 0.446. The van der Waals surface area contributed by atoms with E-state index >= 15 is 0 Å². The third kappa shape index (κ3) is 6.69. The molecule has 1 heterocycles. The Balaban J connectivity index is 1.67. The second kappa shape index (κ2) is 10.4. The molecule has 0 bridgehead atoms. The van der Waals surface area contributed by atoms with E-state index in [1.54, 1.807) is 0 Å². The Morgan fingerprint density at radius 1 is 1.28 bits per heavy atom. The first kappa shape index (κ1) is 19.8. The van der Waals surface area contributed by atoms with Crippen LogP contribution < -0.4 is 5.32 Å². The lowest BCUT2D eigenvalue weighted by molar-refractivity contribution is 0.268. The van der Waals surface area contributed by atoms with Crippen LogP contribution in [0.25, 0.3) is 0 Å². The summed E-state index contributed by atoms with van der Waals surface area (Å²) in [6.07, 6.45) is 4.86. The maximum atomic E-state index is 4.49. The van der Waals surface area contributed by atoms with Crippen LogP contribution in [0.15, 0.2) is 35.3 Å². The average molecular weight is 345 g/mol. The fourth-order valence-electron chi connectivity index (χ4n) is 3.42. The molecule has 1 saturated heterocycles. The summed E-state index contributed by atoms with van der Waals surface area (Å²) in [7, 11) is 4.10. The van der Waals surface area contributed by atoms with Gasteiger partial charge in [0.1, 0.15) is 0 Å². The SMILES string of the molecule is CN=C(NCCCCN(C)C(C)C)N1CCC(Cc2ccccc2)C1. The smallest absolute Gasteiger partial charge is 0.193 e. The second-order valence-corrected chi connectivity index (χ2v) is 7.55. The molecule has 4 heteroatoms. The molecule has 1 aromatic rings. The summed E-state index contributed by atoms with van der Waals surface area (Å²) in [6, 6.07) is 11.5.